The fraction of sp³-hybridized carbons (Fsp3) is 0.345. The SMILES string of the molecule is CC(C)N1CCC(n2cnc3ccc(-c4cnc(Cl)c(NC(O)I(CO)c5ccccc5)c4)cc3c2=O)CC1. The summed E-state index contributed by atoms with van der Waals surface area (Å²) < 4.78 is 1.72. The topological polar surface area (TPSA) is 104 Å². The first-order valence-corrected chi connectivity index (χ1v) is 17.2. The van der Waals surface area contributed by atoms with Crippen LogP contribution in [-0.2, 0) is 0 Å². The first-order chi connectivity index (χ1) is 18.9. The summed E-state index contributed by atoms with van der Waals surface area (Å²) in [7, 11) is 0. The van der Waals surface area contributed by atoms with E-state index in [-0.39, 0.29) is 21.4 Å². The Balaban J connectivity index is 1.41. The zero-order valence-electron chi connectivity index (χ0n) is 22.0. The number of likely N-dealkylation sites (tertiary alicyclic amines) is 1. The van der Waals surface area contributed by atoms with Crippen LogP contribution in [0, 0.1) is 3.57 Å². The number of pyridine rings is 1. The number of anilines is 1. The van der Waals surface area contributed by atoms with E-state index in [1.807, 2.05) is 54.6 Å². The molecule has 1 saturated heterocycles. The van der Waals surface area contributed by atoms with Crippen LogP contribution in [0.15, 0.2) is 71.9 Å². The van der Waals surface area contributed by atoms with Gasteiger partial charge in [-0.1, -0.05) is 0 Å². The van der Waals surface area contributed by atoms with E-state index in [2.05, 4.69) is 34.0 Å². The summed E-state index contributed by atoms with van der Waals surface area (Å²) in [6, 6.07) is 17.6. The van der Waals surface area contributed by atoms with Gasteiger partial charge in [0, 0.05) is 19.1 Å². The molecule has 2 aromatic carbocycles. The van der Waals surface area contributed by atoms with Crippen LogP contribution in [-0.4, -0.2) is 57.6 Å². The van der Waals surface area contributed by atoms with Crippen LogP contribution in [0.3, 0.4) is 0 Å². The first-order valence-electron chi connectivity index (χ1n) is 13.0. The Kier molecular flexibility index (Phi) is 8.82. The van der Waals surface area contributed by atoms with Crippen molar-refractivity contribution in [3.8, 4) is 11.1 Å². The summed E-state index contributed by atoms with van der Waals surface area (Å²) in [6.45, 7) is 6.34. The Hall–Kier alpha value is -2.57. The van der Waals surface area contributed by atoms with Crippen molar-refractivity contribution in [3.63, 3.8) is 0 Å². The Morgan fingerprint density at radius 3 is 2.51 bits per heavy atom. The van der Waals surface area contributed by atoms with Crippen molar-refractivity contribution >= 4 is 48.0 Å². The van der Waals surface area contributed by atoms with Crippen molar-refractivity contribution in [2.24, 2.45) is 0 Å². The zero-order chi connectivity index (χ0) is 27.5. The van der Waals surface area contributed by atoms with E-state index in [9.17, 15) is 15.0 Å². The van der Waals surface area contributed by atoms with Gasteiger partial charge in [0.25, 0.3) is 0 Å². The van der Waals surface area contributed by atoms with Gasteiger partial charge in [0.15, 0.2) is 0 Å². The summed E-state index contributed by atoms with van der Waals surface area (Å²) in [5, 5.41) is 24.8. The molecular weight excluding hydrogens is 629 g/mol. The molecule has 8 nitrogen and oxygen atoms in total. The fourth-order valence-corrected chi connectivity index (χ4v) is 8.64. The molecule has 1 unspecified atom stereocenters. The van der Waals surface area contributed by atoms with E-state index in [1.165, 1.54) is 0 Å². The van der Waals surface area contributed by atoms with Crippen molar-refractivity contribution in [2.75, 3.05) is 23.0 Å². The van der Waals surface area contributed by atoms with Crippen molar-refractivity contribution in [1.29, 1.82) is 0 Å². The third-order valence-corrected chi connectivity index (χ3v) is 12.3. The van der Waals surface area contributed by atoms with Crippen LogP contribution in [0.1, 0.15) is 32.7 Å². The molecule has 5 rings (SSSR count). The average molecular weight is 662 g/mol. The second-order valence-corrected chi connectivity index (χ2v) is 15.6. The maximum absolute atomic E-state index is 13.5. The number of hydrogen-bond acceptors (Lipinski definition) is 7. The number of nitrogens with zero attached hydrogens (tertiary/aromatic N) is 4. The summed E-state index contributed by atoms with van der Waals surface area (Å²) in [6.07, 6.45) is 5.18. The number of alkyl halides is 2. The van der Waals surface area contributed by atoms with Gasteiger partial charge < -0.3 is 4.90 Å². The number of aliphatic hydroxyl groups excluding tert-OH is 2. The van der Waals surface area contributed by atoms with Gasteiger partial charge in [-0.15, -0.1) is 0 Å². The van der Waals surface area contributed by atoms with Crippen LogP contribution in [0.2, 0.25) is 5.15 Å². The second-order valence-electron chi connectivity index (χ2n) is 9.90. The van der Waals surface area contributed by atoms with Gasteiger partial charge in [0.2, 0.25) is 0 Å². The van der Waals surface area contributed by atoms with Gasteiger partial charge in [0.1, 0.15) is 0 Å². The molecule has 1 atom stereocenters. The minimum absolute atomic E-state index is 0.0408. The monoisotopic (exact) mass is 661 g/mol. The smallest absolute Gasteiger partial charge is 0.000375 e. The molecule has 1 fully saturated rings. The van der Waals surface area contributed by atoms with Crippen molar-refractivity contribution < 1.29 is 10.2 Å². The second kappa shape index (κ2) is 12.3. The number of benzene rings is 2. The van der Waals surface area contributed by atoms with Gasteiger partial charge in [-0.05, 0) is 13.8 Å². The molecule has 0 spiro atoms. The number of aromatic nitrogens is 3. The third kappa shape index (κ3) is 6.12. The van der Waals surface area contributed by atoms with E-state index < -0.39 is 24.1 Å². The van der Waals surface area contributed by atoms with Crippen LogP contribution in [0.4, 0.5) is 5.69 Å². The predicted molar refractivity (Wildman–Crippen MR) is 165 cm³/mol. The van der Waals surface area contributed by atoms with E-state index in [0.717, 1.165) is 40.6 Å². The van der Waals surface area contributed by atoms with Crippen LogP contribution >= 0.6 is 31.4 Å². The van der Waals surface area contributed by atoms with Gasteiger partial charge >= 0.3 is 203 Å². The van der Waals surface area contributed by atoms with Crippen molar-refractivity contribution in [3.05, 3.63) is 86.2 Å². The van der Waals surface area contributed by atoms with Crippen LogP contribution in [0.5, 0.6) is 0 Å². The van der Waals surface area contributed by atoms with Gasteiger partial charge in [-0.25, -0.2) is 0 Å². The molecule has 1 aliphatic heterocycles. The Morgan fingerprint density at radius 2 is 1.82 bits per heavy atom. The molecule has 0 amide bonds. The molecule has 0 bridgehead atoms. The van der Waals surface area contributed by atoms with Crippen molar-refractivity contribution in [2.45, 2.75) is 43.0 Å². The molecule has 10 heteroatoms. The summed E-state index contributed by atoms with van der Waals surface area (Å²) in [4.78, 5) is 24.9. The summed E-state index contributed by atoms with van der Waals surface area (Å²) in [5.74, 6) is 0. The minimum Gasteiger partial charge on any atom is 0.000375 e. The van der Waals surface area contributed by atoms with E-state index in [0.29, 0.717) is 22.6 Å². The van der Waals surface area contributed by atoms with Crippen LogP contribution < -0.4 is 10.9 Å². The number of aliphatic hydroxyl groups is 2. The van der Waals surface area contributed by atoms with E-state index in [1.54, 1.807) is 17.1 Å². The van der Waals surface area contributed by atoms with Gasteiger partial charge in [-0.3, -0.25) is 0 Å². The Labute approximate surface area is 240 Å². The number of rotatable bonds is 8. The Morgan fingerprint density at radius 1 is 1.08 bits per heavy atom. The third-order valence-electron chi connectivity index (χ3n) is 7.24. The maximum atomic E-state index is 13.5. The molecule has 39 heavy (non-hydrogen) atoms. The molecule has 0 radical (unpaired) electrons. The summed E-state index contributed by atoms with van der Waals surface area (Å²) >= 11 is 4.02. The standard InChI is InChI=1S/C29H33ClIN5O3/c1-19(2)35-12-10-23(11-13-35)36-18-33-25-9-8-20(14-24(25)28(36)38)21-15-26(27(30)32-16-21)34-29(39)31(17-37)22-6-4-3-5-7-22/h3-9,14-16,18-19,23,29,34,37,39H,10-13,17H2,1-2H3. The number of halogens is 2. The molecular formula is C29H33ClIN5O3. The molecule has 3 N–H and O–H groups in total. The Bertz CT molecular complexity index is 1490. The number of fused-ring (bicyclic) bond motifs is 1. The average Bonchev–Trinajstić information content (AvgIpc) is 2.95. The number of hydrogen-bond donors (Lipinski definition) is 3. The molecule has 206 valence electrons. The van der Waals surface area contributed by atoms with Gasteiger partial charge in [0.05, 0.1) is 0 Å². The number of nitrogens with one attached hydrogen (secondary N) is 1. The zero-order valence-corrected chi connectivity index (χ0v) is 24.9. The van der Waals surface area contributed by atoms with E-state index in [4.69, 9.17) is 11.6 Å². The molecule has 3 heterocycles. The predicted octanol–water partition coefficient (Wildman–Crippen LogP) is 5.17. The molecule has 0 saturated carbocycles. The normalized spacial score (nSPS) is 16.0. The quantitative estimate of drug-likeness (QED) is 0.0787. The van der Waals surface area contributed by atoms with E-state index >= 15 is 0 Å². The van der Waals surface area contributed by atoms with Crippen molar-refractivity contribution in [1.82, 2.24) is 19.4 Å². The first kappa shape index (κ1) is 28.0. The fourth-order valence-electron chi connectivity index (χ4n) is 4.99. The number of piperidine rings is 1. The summed E-state index contributed by atoms with van der Waals surface area (Å²) in [5.41, 5.74) is 2.63. The molecule has 4 aromatic rings. The van der Waals surface area contributed by atoms with Crippen LogP contribution in [0.25, 0.3) is 22.0 Å². The molecule has 2 aromatic heterocycles. The molecule has 1 aliphatic rings. The van der Waals surface area contributed by atoms with Gasteiger partial charge in [-0.2, -0.15) is 0 Å². The molecule has 0 aliphatic carbocycles. The minimum atomic E-state index is -2.36.